The summed E-state index contributed by atoms with van der Waals surface area (Å²) in [6, 6.07) is 9.20. The standard InChI is InChI=1S/C22H22ClF3N2O2/c23-15-6-4-5-13(11-15)19(21(30)28-16-7-2-1-3-8-16)17-10-9-14(20(27)29)12-18(17)22(24,25)26/h4-6,9-12,16,19H,1-3,7-8H2,(H2,27,29)(H,28,30). The number of rotatable bonds is 5. The molecule has 0 heterocycles. The first kappa shape index (κ1) is 22.2. The first-order valence-corrected chi connectivity index (χ1v) is 10.1. The molecule has 1 fully saturated rings. The number of alkyl halides is 3. The van der Waals surface area contributed by atoms with Crippen LogP contribution in [0.25, 0.3) is 0 Å². The molecule has 0 bridgehead atoms. The number of amides is 2. The summed E-state index contributed by atoms with van der Waals surface area (Å²) in [5.41, 5.74) is 3.92. The molecule has 2 aromatic carbocycles. The van der Waals surface area contributed by atoms with Crippen molar-refractivity contribution in [2.45, 2.75) is 50.2 Å². The van der Waals surface area contributed by atoms with E-state index in [1.807, 2.05) is 0 Å². The molecule has 30 heavy (non-hydrogen) atoms. The number of hydrogen-bond acceptors (Lipinski definition) is 2. The van der Waals surface area contributed by atoms with Crippen LogP contribution < -0.4 is 11.1 Å². The van der Waals surface area contributed by atoms with E-state index < -0.39 is 29.5 Å². The number of hydrogen-bond donors (Lipinski definition) is 2. The van der Waals surface area contributed by atoms with Gasteiger partial charge in [0.15, 0.2) is 0 Å². The van der Waals surface area contributed by atoms with Crippen molar-refractivity contribution in [1.29, 1.82) is 0 Å². The highest BCUT2D eigenvalue weighted by Gasteiger charge is 2.38. The van der Waals surface area contributed by atoms with E-state index in [2.05, 4.69) is 5.32 Å². The van der Waals surface area contributed by atoms with Crippen LogP contribution in [0.15, 0.2) is 42.5 Å². The lowest BCUT2D eigenvalue weighted by Gasteiger charge is -2.27. The van der Waals surface area contributed by atoms with E-state index in [0.717, 1.165) is 38.2 Å². The van der Waals surface area contributed by atoms with Crippen LogP contribution in [-0.2, 0) is 11.0 Å². The SMILES string of the molecule is NC(=O)c1ccc(C(C(=O)NC2CCCCC2)c2cccc(Cl)c2)c(C(F)(F)F)c1. The normalized spacial score (nSPS) is 16.1. The molecule has 1 aliphatic carbocycles. The topological polar surface area (TPSA) is 72.2 Å². The van der Waals surface area contributed by atoms with Crippen LogP contribution in [0.2, 0.25) is 5.02 Å². The fourth-order valence-electron chi connectivity index (χ4n) is 3.90. The molecular weight excluding hydrogens is 417 g/mol. The van der Waals surface area contributed by atoms with Crippen LogP contribution in [0.1, 0.15) is 65.1 Å². The van der Waals surface area contributed by atoms with Gasteiger partial charge in [0.1, 0.15) is 0 Å². The largest absolute Gasteiger partial charge is 0.416 e. The van der Waals surface area contributed by atoms with Crippen LogP contribution in [0.3, 0.4) is 0 Å². The summed E-state index contributed by atoms with van der Waals surface area (Å²) in [5.74, 6) is -2.73. The van der Waals surface area contributed by atoms with Gasteiger partial charge in [-0.3, -0.25) is 9.59 Å². The Hall–Kier alpha value is -2.54. The van der Waals surface area contributed by atoms with Gasteiger partial charge in [-0.1, -0.05) is 49.1 Å². The molecule has 1 aliphatic rings. The monoisotopic (exact) mass is 438 g/mol. The first-order valence-electron chi connectivity index (χ1n) is 9.73. The Bertz CT molecular complexity index is 940. The minimum Gasteiger partial charge on any atom is -0.366 e. The highest BCUT2D eigenvalue weighted by Crippen LogP contribution is 2.39. The second-order valence-corrected chi connectivity index (χ2v) is 7.93. The molecule has 1 saturated carbocycles. The summed E-state index contributed by atoms with van der Waals surface area (Å²) in [5, 5.41) is 3.22. The number of carbonyl (C=O) groups excluding carboxylic acids is 2. The van der Waals surface area contributed by atoms with Gasteiger partial charge in [-0.15, -0.1) is 0 Å². The summed E-state index contributed by atoms with van der Waals surface area (Å²) < 4.78 is 41.6. The lowest BCUT2D eigenvalue weighted by molar-refractivity contribution is -0.138. The zero-order valence-electron chi connectivity index (χ0n) is 16.1. The van der Waals surface area contributed by atoms with Crippen molar-refractivity contribution >= 4 is 23.4 Å². The summed E-state index contributed by atoms with van der Waals surface area (Å²) in [4.78, 5) is 24.6. The van der Waals surface area contributed by atoms with Gasteiger partial charge < -0.3 is 11.1 Å². The minimum absolute atomic E-state index is 0.0767. The maximum absolute atomic E-state index is 13.9. The molecule has 1 unspecified atom stereocenters. The number of halogens is 4. The van der Waals surface area contributed by atoms with Gasteiger partial charge in [-0.25, -0.2) is 0 Å². The van der Waals surface area contributed by atoms with Gasteiger partial charge in [-0.2, -0.15) is 13.2 Å². The van der Waals surface area contributed by atoms with Crippen LogP contribution >= 0.6 is 11.6 Å². The molecule has 0 radical (unpaired) electrons. The molecule has 2 aromatic rings. The summed E-state index contributed by atoms with van der Waals surface area (Å²) in [6.45, 7) is 0. The summed E-state index contributed by atoms with van der Waals surface area (Å²) in [7, 11) is 0. The Morgan fingerprint density at radius 2 is 1.77 bits per heavy atom. The molecule has 0 saturated heterocycles. The maximum Gasteiger partial charge on any atom is 0.416 e. The average Bonchev–Trinajstić information content (AvgIpc) is 2.68. The Morgan fingerprint density at radius 1 is 1.07 bits per heavy atom. The van der Waals surface area contributed by atoms with Crippen molar-refractivity contribution in [3.8, 4) is 0 Å². The van der Waals surface area contributed by atoms with Gasteiger partial charge in [0.25, 0.3) is 0 Å². The van der Waals surface area contributed by atoms with Crippen LogP contribution in [0.4, 0.5) is 13.2 Å². The molecule has 2 amide bonds. The molecule has 3 rings (SSSR count). The zero-order valence-corrected chi connectivity index (χ0v) is 16.9. The number of primary amides is 1. The first-order chi connectivity index (χ1) is 14.2. The lowest BCUT2D eigenvalue weighted by atomic mass is 9.85. The van der Waals surface area contributed by atoms with E-state index in [-0.39, 0.29) is 17.2 Å². The van der Waals surface area contributed by atoms with E-state index in [0.29, 0.717) is 16.7 Å². The van der Waals surface area contributed by atoms with Crippen molar-refractivity contribution in [2.24, 2.45) is 5.73 Å². The van der Waals surface area contributed by atoms with Crippen molar-refractivity contribution in [3.05, 3.63) is 69.7 Å². The maximum atomic E-state index is 13.9. The molecule has 3 N–H and O–H groups in total. The van der Waals surface area contributed by atoms with Crippen LogP contribution in [0.5, 0.6) is 0 Å². The van der Waals surface area contributed by atoms with Crippen molar-refractivity contribution < 1.29 is 22.8 Å². The fraction of sp³-hybridized carbons (Fsp3) is 0.364. The van der Waals surface area contributed by atoms with Gasteiger partial charge in [0, 0.05) is 16.6 Å². The van der Waals surface area contributed by atoms with E-state index >= 15 is 0 Å². The van der Waals surface area contributed by atoms with Crippen LogP contribution in [0, 0.1) is 0 Å². The number of nitrogens with one attached hydrogen (secondary N) is 1. The van der Waals surface area contributed by atoms with E-state index in [1.54, 1.807) is 18.2 Å². The third-order valence-corrected chi connectivity index (χ3v) is 5.59. The quantitative estimate of drug-likeness (QED) is 0.686. The number of carbonyl (C=O) groups is 2. The third kappa shape index (κ3) is 5.14. The number of nitrogens with two attached hydrogens (primary N) is 1. The molecular formula is C22H22ClF3N2O2. The van der Waals surface area contributed by atoms with E-state index in [4.69, 9.17) is 17.3 Å². The molecule has 4 nitrogen and oxygen atoms in total. The van der Waals surface area contributed by atoms with E-state index in [1.165, 1.54) is 12.1 Å². The van der Waals surface area contributed by atoms with Gasteiger partial charge in [0.05, 0.1) is 11.5 Å². The molecule has 0 aromatic heterocycles. The third-order valence-electron chi connectivity index (χ3n) is 5.35. The Balaban J connectivity index is 2.10. The van der Waals surface area contributed by atoms with Gasteiger partial charge in [-0.05, 0) is 48.2 Å². The van der Waals surface area contributed by atoms with E-state index in [9.17, 15) is 22.8 Å². The minimum atomic E-state index is -4.78. The smallest absolute Gasteiger partial charge is 0.366 e. The molecule has 160 valence electrons. The summed E-state index contributed by atoms with van der Waals surface area (Å²) in [6.07, 6.45) is -0.178. The highest BCUT2D eigenvalue weighted by molar-refractivity contribution is 6.30. The Labute approximate surface area is 177 Å². The fourth-order valence-corrected chi connectivity index (χ4v) is 4.10. The molecule has 0 spiro atoms. The molecule has 1 atom stereocenters. The van der Waals surface area contributed by atoms with Crippen molar-refractivity contribution in [2.75, 3.05) is 0 Å². The van der Waals surface area contributed by atoms with Crippen LogP contribution in [-0.4, -0.2) is 17.9 Å². The zero-order chi connectivity index (χ0) is 21.9. The second kappa shape index (κ2) is 9.08. The Morgan fingerprint density at radius 3 is 2.37 bits per heavy atom. The van der Waals surface area contributed by atoms with Gasteiger partial charge in [0.2, 0.25) is 11.8 Å². The van der Waals surface area contributed by atoms with Crippen molar-refractivity contribution in [3.63, 3.8) is 0 Å². The second-order valence-electron chi connectivity index (χ2n) is 7.50. The van der Waals surface area contributed by atoms with Crippen molar-refractivity contribution in [1.82, 2.24) is 5.32 Å². The predicted molar refractivity (Wildman–Crippen MR) is 108 cm³/mol. The average molecular weight is 439 g/mol. The number of benzene rings is 2. The molecule has 8 heteroatoms. The summed E-state index contributed by atoms with van der Waals surface area (Å²) >= 11 is 6.05. The molecule has 0 aliphatic heterocycles. The Kier molecular flexibility index (Phi) is 6.71. The predicted octanol–water partition coefficient (Wildman–Crippen LogP) is 5.04. The van der Waals surface area contributed by atoms with Gasteiger partial charge >= 0.3 is 6.18 Å². The lowest BCUT2D eigenvalue weighted by Crippen LogP contribution is -2.40. The highest BCUT2D eigenvalue weighted by atomic mass is 35.5.